The molecule has 0 fully saturated rings. The number of methoxy groups -OCH3 is 2. The molecule has 2 rings (SSSR count). The van der Waals surface area contributed by atoms with E-state index in [1.807, 2.05) is 0 Å². The zero-order chi connectivity index (χ0) is 20.7. The van der Waals surface area contributed by atoms with Crippen molar-refractivity contribution in [3.05, 3.63) is 59.4 Å². The summed E-state index contributed by atoms with van der Waals surface area (Å²) < 4.78 is 55.6. The number of esters is 1. The molecule has 2 aromatic rings. The first-order valence-electron chi connectivity index (χ1n) is 8.37. The van der Waals surface area contributed by atoms with E-state index in [0.29, 0.717) is 11.3 Å². The Morgan fingerprint density at radius 2 is 1.82 bits per heavy atom. The lowest BCUT2D eigenvalue weighted by atomic mass is 10.2. The fourth-order valence-corrected chi connectivity index (χ4v) is 3.70. The average Bonchev–Trinajstić information content (AvgIpc) is 2.66. The second kappa shape index (κ2) is 9.63. The Labute approximate surface area is 163 Å². The first-order valence-corrected chi connectivity index (χ1v) is 9.86. The van der Waals surface area contributed by atoms with Crippen molar-refractivity contribution in [3.63, 3.8) is 0 Å². The summed E-state index contributed by atoms with van der Waals surface area (Å²) in [5.74, 6) is -0.750. The predicted molar refractivity (Wildman–Crippen MR) is 100 cm³/mol. The Hall–Kier alpha value is -2.49. The minimum absolute atomic E-state index is 0.0128. The molecule has 0 aromatic heterocycles. The SMILES string of the molecule is COC[C@@H](C)NS(=O)(=O)c1ccc(C(=O)OCc2cc(F)ccc2OC)cc1. The zero-order valence-corrected chi connectivity index (χ0v) is 16.6. The van der Waals surface area contributed by atoms with Crippen LogP contribution in [0.2, 0.25) is 0 Å². The molecule has 152 valence electrons. The van der Waals surface area contributed by atoms with Gasteiger partial charge in [0.15, 0.2) is 0 Å². The van der Waals surface area contributed by atoms with Crippen LogP contribution >= 0.6 is 0 Å². The van der Waals surface area contributed by atoms with E-state index < -0.39 is 27.9 Å². The van der Waals surface area contributed by atoms with Gasteiger partial charge in [0.05, 0.1) is 24.2 Å². The highest BCUT2D eigenvalue weighted by molar-refractivity contribution is 7.89. The monoisotopic (exact) mass is 411 g/mol. The van der Waals surface area contributed by atoms with Crippen molar-refractivity contribution in [2.75, 3.05) is 20.8 Å². The van der Waals surface area contributed by atoms with Gasteiger partial charge in [-0.1, -0.05) is 0 Å². The molecule has 9 heteroatoms. The van der Waals surface area contributed by atoms with E-state index in [1.54, 1.807) is 6.92 Å². The fourth-order valence-electron chi connectivity index (χ4n) is 2.47. The highest BCUT2D eigenvalue weighted by Gasteiger charge is 2.18. The van der Waals surface area contributed by atoms with E-state index in [4.69, 9.17) is 14.2 Å². The van der Waals surface area contributed by atoms with Gasteiger partial charge in [-0.15, -0.1) is 0 Å². The Kier molecular flexibility index (Phi) is 7.50. The molecule has 0 spiro atoms. The van der Waals surface area contributed by atoms with Crippen LogP contribution in [-0.2, 0) is 26.1 Å². The summed E-state index contributed by atoms with van der Waals surface area (Å²) >= 11 is 0. The van der Waals surface area contributed by atoms with Gasteiger partial charge in [0, 0.05) is 18.7 Å². The summed E-state index contributed by atoms with van der Waals surface area (Å²) in [7, 11) is -0.827. The summed E-state index contributed by atoms with van der Waals surface area (Å²) in [6.45, 7) is 1.72. The number of sulfonamides is 1. The number of carbonyl (C=O) groups is 1. The van der Waals surface area contributed by atoms with Crippen molar-refractivity contribution in [1.29, 1.82) is 0 Å². The lowest BCUT2D eigenvalue weighted by molar-refractivity contribution is 0.0469. The summed E-state index contributed by atoms with van der Waals surface area (Å²) in [5.41, 5.74) is 0.547. The molecule has 28 heavy (non-hydrogen) atoms. The molecule has 1 atom stereocenters. The van der Waals surface area contributed by atoms with Crippen molar-refractivity contribution >= 4 is 16.0 Å². The highest BCUT2D eigenvalue weighted by atomic mass is 32.2. The Balaban J connectivity index is 2.05. The van der Waals surface area contributed by atoms with E-state index in [9.17, 15) is 17.6 Å². The van der Waals surface area contributed by atoms with Gasteiger partial charge < -0.3 is 14.2 Å². The number of hydrogen-bond acceptors (Lipinski definition) is 6. The van der Waals surface area contributed by atoms with Crippen LogP contribution in [0.15, 0.2) is 47.4 Å². The molecule has 0 aliphatic carbocycles. The topological polar surface area (TPSA) is 90.9 Å². The van der Waals surface area contributed by atoms with Gasteiger partial charge in [-0.25, -0.2) is 22.3 Å². The number of hydrogen-bond donors (Lipinski definition) is 1. The van der Waals surface area contributed by atoms with Gasteiger partial charge in [0.2, 0.25) is 10.0 Å². The third kappa shape index (κ3) is 5.75. The van der Waals surface area contributed by atoms with Crippen molar-refractivity contribution in [2.45, 2.75) is 24.5 Å². The third-order valence-corrected chi connectivity index (χ3v) is 5.38. The number of halogens is 1. The van der Waals surface area contributed by atoms with Gasteiger partial charge in [-0.2, -0.15) is 0 Å². The number of nitrogens with one attached hydrogen (secondary N) is 1. The minimum atomic E-state index is -3.73. The predicted octanol–water partition coefficient (Wildman–Crippen LogP) is 2.50. The van der Waals surface area contributed by atoms with E-state index in [1.165, 1.54) is 56.7 Å². The van der Waals surface area contributed by atoms with E-state index >= 15 is 0 Å². The average molecular weight is 411 g/mol. The molecule has 0 saturated heterocycles. The van der Waals surface area contributed by atoms with E-state index in [2.05, 4.69) is 4.72 Å². The number of benzene rings is 2. The van der Waals surface area contributed by atoms with Gasteiger partial charge in [0.1, 0.15) is 18.2 Å². The van der Waals surface area contributed by atoms with Crippen LogP contribution < -0.4 is 9.46 Å². The molecule has 7 nitrogen and oxygen atoms in total. The van der Waals surface area contributed by atoms with Crippen molar-refractivity contribution in [1.82, 2.24) is 4.72 Å². The molecule has 0 saturated carbocycles. The van der Waals surface area contributed by atoms with Gasteiger partial charge in [0.25, 0.3) is 0 Å². The summed E-state index contributed by atoms with van der Waals surface area (Å²) in [6, 6.07) is 8.81. The molecule has 0 bridgehead atoms. The van der Waals surface area contributed by atoms with Crippen LogP contribution in [-0.4, -0.2) is 41.3 Å². The molecule has 0 heterocycles. The quantitative estimate of drug-likeness (QED) is 0.638. The number of carbonyl (C=O) groups excluding carboxylic acids is 1. The Morgan fingerprint density at radius 1 is 1.14 bits per heavy atom. The largest absolute Gasteiger partial charge is 0.496 e. The maximum atomic E-state index is 13.4. The van der Waals surface area contributed by atoms with Gasteiger partial charge in [-0.3, -0.25) is 0 Å². The second-order valence-electron chi connectivity index (χ2n) is 6.03. The first kappa shape index (κ1) is 21.8. The Bertz CT molecular complexity index is 915. The molecule has 0 unspecified atom stereocenters. The first-order chi connectivity index (χ1) is 13.3. The minimum Gasteiger partial charge on any atom is -0.496 e. The maximum absolute atomic E-state index is 13.4. The molecular formula is C19H22FNO6S. The smallest absolute Gasteiger partial charge is 0.338 e. The highest BCUT2D eigenvalue weighted by Crippen LogP contribution is 2.21. The summed E-state index contributed by atoms with van der Waals surface area (Å²) in [5, 5.41) is 0. The normalized spacial score (nSPS) is 12.4. The van der Waals surface area contributed by atoms with Crippen molar-refractivity contribution in [2.24, 2.45) is 0 Å². The molecule has 1 N–H and O–H groups in total. The van der Waals surface area contributed by atoms with E-state index in [0.717, 1.165) is 0 Å². The van der Waals surface area contributed by atoms with Crippen LogP contribution in [0.5, 0.6) is 5.75 Å². The summed E-state index contributed by atoms with van der Waals surface area (Å²) in [6.07, 6.45) is 0. The molecule has 0 aliphatic heterocycles. The van der Waals surface area contributed by atoms with Crippen molar-refractivity contribution in [3.8, 4) is 5.75 Å². The molecular weight excluding hydrogens is 389 g/mol. The van der Waals surface area contributed by atoms with Gasteiger partial charge in [-0.05, 0) is 49.4 Å². The number of rotatable bonds is 9. The van der Waals surface area contributed by atoms with Crippen LogP contribution in [0.4, 0.5) is 4.39 Å². The third-order valence-electron chi connectivity index (χ3n) is 3.77. The van der Waals surface area contributed by atoms with E-state index in [-0.39, 0.29) is 23.7 Å². The standard InChI is InChI=1S/C19H22FNO6S/c1-13(11-25-2)21-28(23,24)17-7-4-14(5-8-17)19(22)27-12-15-10-16(20)6-9-18(15)26-3/h4-10,13,21H,11-12H2,1-3H3/t13-/m1/s1. The van der Waals surface area contributed by atoms with Crippen LogP contribution in [0.3, 0.4) is 0 Å². The Morgan fingerprint density at radius 3 is 2.43 bits per heavy atom. The molecule has 0 radical (unpaired) electrons. The van der Waals surface area contributed by atoms with Crippen LogP contribution in [0, 0.1) is 5.82 Å². The fraction of sp³-hybridized carbons (Fsp3) is 0.316. The van der Waals surface area contributed by atoms with Crippen LogP contribution in [0.1, 0.15) is 22.8 Å². The van der Waals surface area contributed by atoms with Gasteiger partial charge >= 0.3 is 5.97 Å². The lowest BCUT2D eigenvalue weighted by Crippen LogP contribution is -2.35. The second-order valence-corrected chi connectivity index (χ2v) is 7.75. The maximum Gasteiger partial charge on any atom is 0.338 e. The molecule has 0 amide bonds. The number of ether oxygens (including phenoxy) is 3. The summed E-state index contributed by atoms with van der Waals surface area (Å²) in [4.78, 5) is 12.2. The zero-order valence-electron chi connectivity index (χ0n) is 15.8. The van der Waals surface area contributed by atoms with Crippen LogP contribution in [0.25, 0.3) is 0 Å². The molecule has 0 aliphatic rings. The van der Waals surface area contributed by atoms with Crippen molar-refractivity contribution < 1.29 is 31.8 Å². The lowest BCUT2D eigenvalue weighted by Gasteiger charge is -2.13. The molecule has 2 aromatic carbocycles.